The number of nitrogens with zero attached hydrogens (tertiary/aromatic N) is 1. The largest absolute Gasteiger partial charge is 0.377 e. The molecule has 0 atom stereocenters. The smallest absolute Gasteiger partial charge is 0.158 e. The highest BCUT2D eigenvalue weighted by Gasteiger charge is 2.09. The minimum Gasteiger partial charge on any atom is -0.377 e. The van der Waals surface area contributed by atoms with Crippen LogP contribution in [0.2, 0.25) is 0 Å². The third-order valence-electron chi connectivity index (χ3n) is 2.38. The van der Waals surface area contributed by atoms with Gasteiger partial charge < -0.3 is 19.1 Å². The molecule has 0 aliphatic carbocycles. The van der Waals surface area contributed by atoms with Crippen LogP contribution in [0, 0.1) is 0 Å². The van der Waals surface area contributed by atoms with Crippen molar-refractivity contribution in [2.45, 2.75) is 46.5 Å². The highest BCUT2D eigenvalue weighted by molar-refractivity contribution is 4.54. The van der Waals surface area contributed by atoms with E-state index in [1.54, 1.807) is 0 Å². The molecular formula is C13H29NO3. The highest BCUT2D eigenvalue weighted by atomic mass is 16.7. The van der Waals surface area contributed by atoms with Crippen LogP contribution in [0.15, 0.2) is 0 Å². The lowest BCUT2D eigenvalue weighted by Crippen LogP contribution is -2.29. The molecule has 0 bridgehead atoms. The van der Waals surface area contributed by atoms with E-state index in [4.69, 9.17) is 14.2 Å². The fourth-order valence-corrected chi connectivity index (χ4v) is 1.47. The molecule has 0 saturated carbocycles. The van der Waals surface area contributed by atoms with E-state index in [1.807, 2.05) is 13.8 Å². The second-order valence-corrected chi connectivity index (χ2v) is 4.35. The van der Waals surface area contributed by atoms with Gasteiger partial charge in [0.1, 0.15) is 0 Å². The summed E-state index contributed by atoms with van der Waals surface area (Å²) in [5, 5.41) is 0. The van der Waals surface area contributed by atoms with Gasteiger partial charge in [-0.2, -0.15) is 0 Å². The van der Waals surface area contributed by atoms with Crippen LogP contribution in [0.3, 0.4) is 0 Å². The molecule has 0 spiro atoms. The van der Waals surface area contributed by atoms with Gasteiger partial charge >= 0.3 is 0 Å². The zero-order valence-corrected chi connectivity index (χ0v) is 12.1. The molecule has 0 unspecified atom stereocenters. The molecule has 0 rings (SSSR count). The Hall–Kier alpha value is -0.160. The van der Waals surface area contributed by atoms with Gasteiger partial charge in [-0.3, -0.25) is 0 Å². The fourth-order valence-electron chi connectivity index (χ4n) is 1.47. The van der Waals surface area contributed by atoms with Gasteiger partial charge in [0.05, 0.1) is 12.7 Å². The first kappa shape index (κ1) is 16.8. The zero-order valence-electron chi connectivity index (χ0n) is 12.1. The Morgan fingerprint density at radius 3 is 2.00 bits per heavy atom. The van der Waals surface area contributed by atoms with Crippen LogP contribution in [0.4, 0.5) is 0 Å². The van der Waals surface area contributed by atoms with Gasteiger partial charge in [-0.15, -0.1) is 0 Å². The first-order valence-corrected chi connectivity index (χ1v) is 6.63. The van der Waals surface area contributed by atoms with Crippen molar-refractivity contribution in [2.24, 2.45) is 0 Å². The summed E-state index contributed by atoms with van der Waals surface area (Å²) < 4.78 is 16.5. The number of ether oxygens (including phenoxy) is 3. The number of hydrogen-bond donors (Lipinski definition) is 0. The molecule has 0 fully saturated rings. The molecule has 0 radical (unpaired) electrons. The minimum absolute atomic E-state index is 0.0709. The quantitative estimate of drug-likeness (QED) is 0.523. The van der Waals surface area contributed by atoms with Gasteiger partial charge in [0.2, 0.25) is 0 Å². The van der Waals surface area contributed by atoms with E-state index in [0.717, 1.165) is 26.1 Å². The first-order valence-electron chi connectivity index (χ1n) is 6.63. The van der Waals surface area contributed by atoms with Crippen molar-refractivity contribution in [2.75, 3.05) is 40.0 Å². The Morgan fingerprint density at radius 2 is 1.53 bits per heavy atom. The van der Waals surface area contributed by atoms with Gasteiger partial charge in [0.25, 0.3) is 0 Å². The van der Waals surface area contributed by atoms with Gasteiger partial charge in [0, 0.05) is 32.7 Å². The Bertz CT molecular complexity index is 159. The summed E-state index contributed by atoms with van der Waals surface area (Å²) in [4.78, 5) is 2.24. The van der Waals surface area contributed by atoms with Crippen molar-refractivity contribution in [3.63, 3.8) is 0 Å². The van der Waals surface area contributed by atoms with Crippen molar-refractivity contribution in [3.05, 3.63) is 0 Å². The molecule has 0 N–H and O–H groups in total. The molecule has 0 amide bonds. The van der Waals surface area contributed by atoms with E-state index in [9.17, 15) is 0 Å². The van der Waals surface area contributed by atoms with Crippen molar-refractivity contribution in [1.29, 1.82) is 0 Å². The van der Waals surface area contributed by atoms with E-state index < -0.39 is 0 Å². The van der Waals surface area contributed by atoms with Crippen molar-refractivity contribution in [3.8, 4) is 0 Å². The minimum atomic E-state index is -0.0709. The maximum atomic E-state index is 5.51. The lowest BCUT2D eigenvalue weighted by Gasteiger charge is -2.21. The van der Waals surface area contributed by atoms with E-state index in [0.29, 0.717) is 19.3 Å². The molecule has 0 aromatic rings. The van der Waals surface area contributed by atoms with E-state index >= 15 is 0 Å². The predicted octanol–water partition coefficient (Wildman–Crippen LogP) is 2.13. The molecule has 104 valence electrons. The Kier molecular flexibility index (Phi) is 10.9. The van der Waals surface area contributed by atoms with Crippen molar-refractivity contribution < 1.29 is 14.2 Å². The summed E-state index contributed by atoms with van der Waals surface area (Å²) in [5.74, 6) is 0. The molecule has 0 heterocycles. The van der Waals surface area contributed by atoms with Crippen molar-refractivity contribution in [1.82, 2.24) is 4.90 Å². The maximum Gasteiger partial charge on any atom is 0.158 e. The Morgan fingerprint density at radius 1 is 0.941 bits per heavy atom. The normalized spacial score (nSPS) is 12.0. The fraction of sp³-hybridized carbons (Fsp3) is 1.00. The molecule has 17 heavy (non-hydrogen) atoms. The zero-order chi connectivity index (χ0) is 13.1. The Labute approximate surface area is 106 Å². The monoisotopic (exact) mass is 247 g/mol. The molecule has 0 aromatic carbocycles. The van der Waals surface area contributed by atoms with E-state index in [-0.39, 0.29) is 6.29 Å². The van der Waals surface area contributed by atoms with Crippen LogP contribution in [0.25, 0.3) is 0 Å². The summed E-state index contributed by atoms with van der Waals surface area (Å²) in [5.41, 5.74) is 0. The lowest BCUT2D eigenvalue weighted by atomic mass is 10.3. The summed E-state index contributed by atoms with van der Waals surface area (Å²) in [6.45, 7) is 12.2. The average Bonchev–Trinajstić information content (AvgIpc) is 2.26. The SMILES string of the molecule is CCOC(CCN(C)CCOC(C)C)OCC. The topological polar surface area (TPSA) is 30.9 Å². The van der Waals surface area contributed by atoms with Crippen LogP contribution < -0.4 is 0 Å². The van der Waals surface area contributed by atoms with E-state index in [1.165, 1.54) is 0 Å². The summed E-state index contributed by atoms with van der Waals surface area (Å²) >= 11 is 0. The van der Waals surface area contributed by atoms with Crippen LogP contribution in [-0.4, -0.2) is 57.3 Å². The van der Waals surface area contributed by atoms with Gasteiger partial charge in [-0.1, -0.05) is 0 Å². The lowest BCUT2D eigenvalue weighted by molar-refractivity contribution is -0.141. The van der Waals surface area contributed by atoms with Gasteiger partial charge in [0.15, 0.2) is 6.29 Å². The van der Waals surface area contributed by atoms with Crippen LogP contribution in [0.1, 0.15) is 34.1 Å². The molecule has 0 aliphatic heterocycles. The third-order valence-corrected chi connectivity index (χ3v) is 2.38. The van der Waals surface area contributed by atoms with Crippen LogP contribution in [0.5, 0.6) is 0 Å². The van der Waals surface area contributed by atoms with Crippen LogP contribution >= 0.6 is 0 Å². The molecule has 0 aromatic heterocycles. The summed E-state index contributed by atoms with van der Waals surface area (Å²) in [6, 6.07) is 0. The second-order valence-electron chi connectivity index (χ2n) is 4.35. The molecule has 0 saturated heterocycles. The molecule has 4 nitrogen and oxygen atoms in total. The van der Waals surface area contributed by atoms with Crippen LogP contribution in [-0.2, 0) is 14.2 Å². The van der Waals surface area contributed by atoms with Crippen molar-refractivity contribution >= 4 is 0 Å². The second kappa shape index (κ2) is 11.0. The number of likely N-dealkylation sites (N-methyl/N-ethyl adjacent to an activating group) is 1. The van der Waals surface area contributed by atoms with Gasteiger partial charge in [-0.05, 0) is 34.7 Å². The highest BCUT2D eigenvalue weighted by Crippen LogP contribution is 2.02. The molecule has 4 heteroatoms. The Balaban J connectivity index is 3.60. The molecule has 0 aliphatic rings. The predicted molar refractivity (Wildman–Crippen MR) is 70.2 cm³/mol. The maximum absolute atomic E-state index is 5.51. The van der Waals surface area contributed by atoms with Gasteiger partial charge in [-0.25, -0.2) is 0 Å². The summed E-state index contributed by atoms with van der Waals surface area (Å²) in [6.07, 6.45) is 1.14. The number of rotatable bonds is 11. The van der Waals surface area contributed by atoms with E-state index in [2.05, 4.69) is 25.8 Å². The standard InChI is InChI=1S/C13H29NO3/c1-6-15-13(16-7-2)8-9-14(5)10-11-17-12(3)4/h12-13H,6-11H2,1-5H3. The number of hydrogen-bond acceptors (Lipinski definition) is 4. The third kappa shape index (κ3) is 10.7. The average molecular weight is 247 g/mol. The molecular weight excluding hydrogens is 218 g/mol. The summed E-state index contributed by atoms with van der Waals surface area (Å²) in [7, 11) is 2.10. The first-order chi connectivity index (χ1) is 8.10.